The van der Waals surface area contributed by atoms with Crippen molar-refractivity contribution in [3.8, 4) is 0 Å². The molecule has 1 aromatic rings. The lowest BCUT2D eigenvalue weighted by molar-refractivity contribution is -0.131. The normalized spacial score (nSPS) is 20.0. The lowest BCUT2D eigenvalue weighted by Gasteiger charge is -2.33. The van der Waals surface area contributed by atoms with Crippen molar-refractivity contribution in [2.45, 2.75) is 82.0 Å². The fraction of sp³-hybridized carbons (Fsp3) is 0.875. The monoisotopic (exact) mass is 337 g/mol. The molecule has 128 valence electrons. The minimum absolute atomic E-state index is 0.227. The highest BCUT2D eigenvalue weighted by molar-refractivity contribution is 7.99. The van der Waals surface area contributed by atoms with Crippen molar-refractivity contribution in [2.75, 3.05) is 12.3 Å². The van der Waals surface area contributed by atoms with Crippen LogP contribution >= 0.6 is 11.8 Å². The molecule has 2 fully saturated rings. The first-order valence-corrected chi connectivity index (χ1v) is 9.98. The zero-order valence-electron chi connectivity index (χ0n) is 14.0. The Labute approximate surface area is 142 Å². The lowest BCUT2D eigenvalue weighted by Crippen LogP contribution is -2.42. The summed E-state index contributed by atoms with van der Waals surface area (Å²) < 4.78 is 1.93. The zero-order valence-corrected chi connectivity index (χ0v) is 14.8. The standard InChI is InChI=1S/C16H27N5OS/c1-2-20(13-8-4-3-5-9-13)15(22)12-23-16-17-18-19-21(16)14-10-6-7-11-14/h13-14H,2-12H2,1H3. The average Bonchev–Trinajstić information content (AvgIpc) is 3.25. The maximum atomic E-state index is 12.6. The molecule has 3 rings (SSSR count). The second kappa shape index (κ2) is 8.13. The number of rotatable bonds is 6. The molecule has 1 heterocycles. The van der Waals surface area contributed by atoms with E-state index in [1.807, 2.05) is 4.68 Å². The summed E-state index contributed by atoms with van der Waals surface area (Å²) >= 11 is 1.49. The van der Waals surface area contributed by atoms with Gasteiger partial charge >= 0.3 is 0 Å². The Bertz CT molecular complexity index is 508. The van der Waals surface area contributed by atoms with Crippen molar-refractivity contribution in [3.63, 3.8) is 0 Å². The van der Waals surface area contributed by atoms with Gasteiger partial charge in [0.2, 0.25) is 11.1 Å². The van der Waals surface area contributed by atoms with Crippen LogP contribution in [0.4, 0.5) is 0 Å². The Morgan fingerprint density at radius 2 is 1.87 bits per heavy atom. The molecule has 0 N–H and O–H groups in total. The van der Waals surface area contributed by atoms with Gasteiger partial charge in [0, 0.05) is 12.6 Å². The van der Waals surface area contributed by atoms with E-state index in [1.165, 1.54) is 43.9 Å². The molecule has 0 atom stereocenters. The van der Waals surface area contributed by atoms with Gasteiger partial charge < -0.3 is 4.90 Å². The van der Waals surface area contributed by atoms with Crippen LogP contribution in [0.1, 0.15) is 70.8 Å². The van der Waals surface area contributed by atoms with Gasteiger partial charge in [-0.1, -0.05) is 43.9 Å². The smallest absolute Gasteiger partial charge is 0.233 e. The molecular formula is C16H27N5OS. The van der Waals surface area contributed by atoms with Crippen LogP contribution in [0.25, 0.3) is 0 Å². The Morgan fingerprint density at radius 1 is 1.17 bits per heavy atom. The molecule has 0 unspecified atom stereocenters. The van der Waals surface area contributed by atoms with Gasteiger partial charge in [-0.25, -0.2) is 4.68 Å². The van der Waals surface area contributed by atoms with Gasteiger partial charge in [-0.15, -0.1) is 5.10 Å². The summed E-state index contributed by atoms with van der Waals surface area (Å²) in [5.74, 6) is 0.669. The van der Waals surface area contributed by atoms with E-state index in [1.54, 1.807) is 0 Å². The number of carbonyl (C=O) groups is 1. The highest BCUT2D eigenvalue weighted by atomic mass is 32.2. The number of hydrogen-bond donors (Lipinski definition) is 0. The molecule has 0 radical (unpaired) electrons. The quantitative estimate of drug-likeness (QED) is 0.747. The molecule has 2 aliphatic carbocycles. The van der Waals surface area contributed by atoms with Gasteiger partial charge in [0.25, 0.3) is 0 Å². The van der Waals surface area contributed by atoms with E-state index in [-0.39, 0.29) is 5.91 Å². The molecule has 0 bridgehead atoms. The van der Waals surface area contributed by atoms with E-state index < -0.39 is 0 Å². The third kappa shape index (κ3) is 4.05. The van der Waals surface area contributed by atoms with Crippen molar-refractivity contribution >= 4 is 17.7 Å². The highest BCUT2D eigenvalue weighted by Crippen LogP contribution is 2.31. The SMILES string of the molecule is CCN(C(=O)CSc1nnnn1C1CCCC1)C1CCCCC1. The first-order valence-electron chi connectivity index (χ1n) is 8.99. The molecule has 6 nitrogen and oxygen atoms in total. The van der Waals surface area contributed by atoms with Crippen LogP contribution < -0.4 is 0 Å². The molecule has 1 aromatic heterocycles. The van der Waals surface area contributed by atoms with Gasteiger partial charge in [-0.05, 0) is 43.0 Å². The maximum Gasteiger partial charge on any atom is 0.233 e. The van der Waals surface area contributed by atoms with E-state index in [2.05, 4.69) is 27.3 Å². The molecule has 2 aliphatic rings. The first-order chi connectivity index (χ1) is 11.3. The summed E-state index contributed by atoms with van der Waals surface area (Å²) in [6.45, 7) is 2.89. The number of thioether (sulfide) groups is 1. The van der Waals surface area contributed by atoms with E-state index in [0.29, 0.717) is 17.8 Å². The fourth-order valence-corrected chi connectivity index (χ4v) is 4.73. The number of hydrogen-bond acceptors (Lipinski definition) is 5. The van der Waals surface area contributed by atoms with Gasteiger partial charge in [0.1, 0.15) is 0 Å². The summed E-state index contributed by atoms with van der Waals surface area (Å²) in [7, 11) is 0. The van der Waals surface area contributed by atoms with Crippen LogP contribution in [0, 0.1) is 0 Å². The summed E-state index contributed by atoms with van der Waals surface area (Å²) in [5, 5.41) is 12.9. The van der Waals surface area contributed by atoms with Crippen LogP contribution in [0.2, 0.25) is 0 Å². The average molecular weight is 337 g/mol. The molecule has 0 aromatic carbocycles. The Hall–Kier alpha value is -1.11. The van der Waals surface area contributed by atoms with Crippen LogP contribution in [0.5, 0.6) is 0 Å². The Balaban J connectivity index is 1.56. The molecule has 7 heteroatoms. The Morgan fingerprint density at radius 3 is 2.57 bits per heavy atom. The fourth-order valence-electron chi connectivity index (χ4n) is 3.90. The minimum Gasteiger partial charge on any atom is -0.339 e. The van der Waals surface area contributed by atoms with Gasteiger partial charge in [0.15, 0.2) is 0 Å². The van der Waals surface area contributed by atoms with Crippen molar-refractivity contribution < 1.29 is 4.79 Å². The van der Waals surface area contributed by atoms with E-state index in [0.717, 1.165) is 37.4 Å². The van der Waals surface area contributed by atoms with Crippen LogP contribution in [0.15, 0.2) is 5.16 Å². The van der Waals surface area contributed by atoms with Crippen molar-refractivity contribution in [1.82, 2.24) is 25.1 Å². The van der Waals surface area contributed by atoms with E-state index >= 15 is 0 Å². The molecule has 2 saturated carbocycles. The molecule has 0 spiro atoms. The topological polar surface area (TPSA) is 63.9 Å². The summed E-state index contributed by atoms with van der Waals surface area (Å²) in [6, 6.07) is 0.857. The second-order valence-electron chi connectivity index (χ2n) is 6.60. The summed E-state index contributed by atoms with van der Waals surface area (Å²) in [6.07, 6.45) is 10.9. The van der Waals surface area contributed by atoms with E-state index in [4.69, 9.17) is 0 Å². The largest absolute Gasteiger partial charge is 0.339 e. The van der Waals surface area contributed by atoms with Gasteiger partial charge in [-0.3, -0.25) is 4.79 Å². The summed E-state index contributed by atoms with van der Waals surface area (Å²) in [5.41, 5.74) is 0. The van der Waals surface area contributed by atoms with Gasteiger partial charge in [0.05, 0.1) is 11.8 Å². The molecule has 0 saturated heterocycles. The highest BCUT2D eigenvalue weighted by Gasteiger charge is 2.26. The molecular weight excluding hydrogens is 310 g/mol. The number of amides is 1. The van der Waals surface area contributed by atoms with Crippen LogP contribution in [-0.2, 0) is 4.79 Å². The maximum absolute atomic E-state index is 12.6. The first kappa shape index (κ1) is 16.7. The molecule has 1 amide bonds. The number of nitrogens with zero attached hydrogens (tertiary/aromatic N) is 5. The number of tetrazole rings is 1. The van der Waals surface area contributed by atoms with Crippen LogP contribution in [0.3, 0.4) is 0 Å². The zero-order chi connectivity index (χ0) is 16.1. The number of carbonyl (C=O) groups excluding carboxylic acids is 1. The minimum atomic E-state index is 0.227. The predicted molar refractivity (Wildman–Crippen MR) is 90.3 cm³/mol. The predicted octanol–water partition coefficient (Wildman–Crippen LogP) is 3.06. The van der Waals surface area contributed by atoms with Gasteiger partial charge in [-0.2, -0.15) is 0 Å². The lowest BCUT2D eigenvalue weighted by atomic mass is 9.94. The number of aromatic nitrogens is 4. The third-order valence-corrected chi connectivity index (χ3v) is 6.05. The third-order valence-electron chi connectivity index (χ3n) is 5.13. The molecule has 23 heavy (non-hydrogen) atoms. The molecule has 0 aliphatic heterocycles. The van der Waals surface area contributed by atoms with E-state index in [9.17, 15) is 4.79 Å². The van der Waals surface area contributed by atoms with Crippen LogP contribution in [-0.4, -0.2) is 49.4 Å². The second-order valence-corrected chi connectivity index (χ2v) is 7.55. The summed E-state index contributed by atoms with van der Waals surface area (Å²) in [4.78, 5) is 14.7. The van der Waals surface area contributed by atoms with Crippen molar-refractivity contribution in [3.05, 3.63) is 0 Å². The van der Waals surface area contributed by atoms with Crippen molar-refractivity contribution in [2.24, 2.45) is 0 Å². The Kier molecular flexibility index (Phi) is 5.91. The van der Waals surface area contributed by atoms with Crippen molar-refractivity contribution in [1.29, 1.82) is 0 Å².